The second kappa shape index (κ2) is 11.7. The lowest BCUT2D eigenvalue weighted by molar-refractivity contribution is 0.111. The summed E-state index contributed by atoms with van der Waals surface area (Å²) in [7, 11) is 0. The summed E-state index contributed by atoms with van der Waals surface area (Å²) >= 11 is 0. The van der Waals surface area contributed by atoms with Crippen LogP contribution >= 0.6 is 0 Å². The first-order chi connectivity index (χ1) is 18.6. The van der Waals surface area contributed by atoms with Gasteiger partial charge in [0.15, 0.2) is 0 Å². The zero-order valence-electron chi connectivity index (χ0n) is 23.1. The molecule has 1 atom stereocenters. The number of aliphatic hydroxyl groups excluding tert-OH is 1. The molecule has 2 N–H and O–H groups in total. The largest absolute Gasteiger partial charge is 0.393 e. The number of nitrogens with zero attached hydrogens (tertiary/aromatic N) is 4. The lowest BCUT2D eigenvalue weighted by Crippen LogP contribution is -2.37. The van der Waals surface area contributed by atoms with Crippen molar-refractivity contribution in [3.63, 3.8) is 0 Å². The molecule has 2 saturated carbocycles. The Morgan fingerprint density at radius 2 is 1.68 bits per heavy atom. The summed E-state index contributed by atoms with van der Waals surface area (Å²) in [5, 5.41) is 14.9. The van der Waals surface area contributed by atoms with Crippen LogP contribution in [0.3, 0.4) is 0 Å². The van der Waals surface area contributed by atoms with Crippen molar-refractivity contribution < 1.29 is 5.11 Å². The Morgan fingerprint density at radius 3 is 2.42 bits per heavy atom. The molecule has 204 valence electrons. The Morgan fingerprint density at radius 1 is 0.947 bits per heavy atom. The van der Waals surface area contributed by atoms with E-state index in [0.29, 0.717) is 17.9 Å². The number of hydrogen-bond donors (Lipinski definition) is 2. The van der Waals surface area contributed by atoms with Crippen LogP contribution in [0, 0.1) is 5.92 Å². The number of piperidine rings is 1. The van der Waals surface area contributed by atoms with E-state index in [1.165, 1.54) is 81.1 Å². The van der Waals surface area contributed by atoms with Gasteiger partial charge in [-0.2, -0.15) is 4.98 Å². The van der Waals surface area contributed by atoms with Gasteiger partial charge in [-0.1, -0.05) is 49.6 Å². The average Bonchev–Trinajstić information content (AvgIpc) is 3.34. The third-order valence-electron chi connectivity index (χ3n) is 9.58. The third-order valence-corrected chi connectivity index (χ3v) is 9.58. The van der Waals surface area contributed by atoms with E-state index in [4.69, 9.17) is 9.97 Å². The van der Waals surface area contributed by atoms with Crippen LogP contribution < -0.4 is 5.32 Å². The maximum absolute atomic E-state index is 10.1. The molecule has 6 rings (SSSR count). The van der Waals surface area contributed by atoms with Gasteiger partial charge in [0.1, 0.15) is 5.65 Å². The summed E-state index contributed by atoms with van der Waals surface area (Å²) in [5.74, 6) is 2.18. The zero-order valence-corrected chi connectivity index (χ0v) is 23.1. The first-order valence-electron chi connectivity index (χ1n) is 15.2. The number of rotatable bonds is 7. The van der Waals surface area contributed by atoms with E-state index in [1.54, 1.807) is 0 Å². The molecule has 3 aliphatic rings. The van der Waals surface area contributed by atoms with Gasteiger partial charge >= 0.3 is 0 Å². The molecule has 3 fully saturated rings. The molecule has 0 amide bonds. The van der Waals surface area contributed by atoms with Crippen molar-refractivity contribution >= 4 is 17.0 Å². The predicted molar refractivity (Wildman–Crippen MR) is 155 cm³/mol. The Kier molecular flexibility index (Phi) is 7.98. The van der Waals surface area contributed by atoms with Gasteiger partial charge in [-0.25, -0.2) is 4.98 Å². The molecule has 0 unspecified atom stereocenters. The SMILES string of the molecule is C[C@H](Nc1ncc2c(C3CCN(CC4CCCCC4)CC3)cn(C3CCC(O)CC3)c2n1)c1ccccc1. The van der Waals surface area contributed by atoms with Crippen LogP contribution in [-0.4, -0.2) is 50.3 Å². The molecule has 0 spiro atoms. The number of likely N-dealkylation sites (tertiary alicyclic amines) is 1. The van der Waals surface area contributed by atoms with Crippen LogP contribution in [0.5, 0.6) is 0 Å². The van der Waals surface area contributed by atoms with Crippen LogP contribution in [0.25, 0.3) is 11.0 Å². The third kappa shape index (κ3) is 5.76. The van der Waals surface area contributed by atoms with Gasteiger partial charge in [0.05, 0.1) is 12.1 Å². The van der Waals surface area contributed by atoms with E-state index in [1.807, 2.05) is 0 Å². The molecule has 1 aromatic carbocycles. The summed E-state index contributed by atoms with van der Waals surface area (Å²) in [6, 6.07) is 11.0. The molecule has 0 bridgehead atoms. The van der Waals surface area contributed by atoms with Gasteiger partial charge in [-0.3, -0.25) is 0 Å². The quantitative estimate of drug-likeness (QED) is 0.361. The summed E-state index contributed by atoms with van der Waals surface area (Å²) in [5.41, 5.74) is 3.73. The van der Waals surface area contributed by atoms with Crippen molar-refractivity contribution in [2.24, 2.45) is 5.92 Å². The maximum Gasteiger partial charge on any atom is 0.225 e. The highest BCUT2D eigenvalue weighted by molar-refractivity contribution is 5.81. The molecule has 3 heterocycles. The number of nitrogens with one attached hydrogen (secondary N) is 1. The summed E-state index contributed by atoms with van der Waals surface area (Å²) in [4.78, 5) is 12.6. The average molecular weight is 516 g/mol. The topological polar surface area (TPSA) is 66.2 Å². The molecule has 6 nitrogen and oxygen atoms in total. The molecule has 0 radical (unpaired) electrons. The number of aromatic nitrogens is 3. The minimum atomic E-state index is -0.153. The van der Waals surface area contributed by atoms with Gasteiger partial charge in [0.2, 0.25) is 5.95 Å². The first kappa shape index (κ1) is 25.8. The minimum Gasteiger partial charge on any atom is -0.393 e. The van der Waals surface area contributed by atoms with Gasteiger partial charge in [0, 0.05) is 30.4 Å². The molecule has 38 heavy (non-hydrogen) atoms. The van der Waals surface area contributed by atoms with Crippen LogP contribution in [0.15, 0.2) is 42.7 Å². The van der Waals surface area contributed by atoms with Crippen molar-refractivity contribution in [1.29, 1.82) is 0 Å². The second-order valence-corrected chi connectivity index (χ2v) is 12.2. The van der Waals surface area contributed by atoms with E-state index in [0.717, 1.165) is 37.2 Å². The number of anilines is 1. The highest BCUT2D eigenvalue weighted by Gasteiger charge is 2.29. The fourth-order valence-electron chi connectivity index (χ4n) is 7.24. The first-order valence-corrected chi connectivity index (χ1v) is 15.2. The van der Waals surface area contributed by atoms with Crippen LogP contribution in [-0.2, 0) is 0 Å². The van der Waals surface area contributed by atoms with Gasteiger partial charge in [0.25, 0.3) is 0 Å². The van der Waals surface area contributed by atoms with E-state index in [-0.39, 0.29) is 12.1 Å². The van der Waals surface area contributed by atoms with Crippen molar-refractivity contribution in [1.82, 2.24) is 19.4 Å². The van der Waals surface area contributed by atoms with Crippen molar-refractivity contribution in [2.75, 3.05) is 25.0 Å². The summed E-state index contributed by atoms with van der Waals surface area (Å²) in [6.45, 7) is 5.88. The Hall–Kier alpha value is -2.44. The highest BCUT2D eigenvalue weighted by atomic mass is 16.3. The van der Waals surface area contributed by atoms with Crippen LogP contribution in [0.2, 0.25) is 0 Å². The lowest BCUT2D eigenvalue weighted by Gasteiger charge is -2.35. The van der Waals surface area contributed by atoms with E-state index in [9.17, 15) is 5.11 Å². The standard InChI is InChI=1S/C32H45N5O/c1-23(25-10-6-3-7-11-25)34-32-33-20-29-30(22-37(31(29)35-32)27-12-14-28(38)15-13-27)26-16-18-36(19-17-26)21-24-8-4-2-5-9-24/h3,6-7,10-11,20,22-24,26-28,38H,2,4-5,8-9,12-19,21H2,1H3,(H,33,34,35)/t23-,27?,28?/m0/s1. The second-order valence-electron chi connectivity index (χ2n) is 12.2. The Labute approximate surface area is 227 Å². The van der Waals surface area contributed by atoms with Gasteiger partial charge in [-0.15, -0.1) is 0 Å². The van der Waals surface area contributed by atoms with Gasteiger partial charge < -0.3 is 19.9 Å². The van der Waals surface area contributed by atoms with Crippen LogP contribution in [0.4, 0.5) is 5.95 Å². The van der Waals surface area contributed by atoms with E-state index < -0.39 is 0 Å². The fraction of sp³-hybridized carbons (Fsp3) is 0.625. The normalized spacial score (nSPS) is 25.0. The number of fused-ring (bicyclic) bond motifs is 1. The molecule has 2 aromatic heterocycles. The summed E-state index contributed by atoms with van der Waals surface area (Å²) < 4.78 is 2.44. The molecule has 6 heteroatoms. The highest BCUT2D eigenvalue weighted by Crippen LogP contribution is 2.39. The minimum absolute atomic E-state index is 0.134. The Balaban J connectivity index is 1.22. The number of hydrogen-bond acceptors (Lipinski definition) is 5. The van der Waals surface area contributed by atoms with E-state index in [2.05, 4.69) is 64.4 Å². The maximum atomic E-state index is 10.1. The monoisotopic (exact) mass is 515 g/mol. The molecule has 3 aromatic rings. The van der Waals surface area contributed by atoms with Gasteiger partial charge in [-0.05, 0) is 94.3 Å². The molecule has 2 aliphatic carbocycles. The van der Waals surface area contributed by atoms with Crippen molar-refractivity contribution in [3.05, 3.63) is 53.9 Å². The predicted octanol–water partition coefficient (Wildman–Crippen LogP) is 6.84. The lowest BCUT2D eigenvalue weighted by atomic mass is 9.86. The van der Waals surface area contributed by atoms with Crippen molar-refractivity contribution in [2.45, 2.75) is 102 Å². The number of benzene rings is 1. The van der Waals surface area contributed by atoms with E-state index >= 15 is 0 Å². The molecule has 1 saturated heterocycles. The van der Waals surface area contributed by atoms with Crippen molar-refractivity contribution in [3.8, 4) is 0 Å². The van der Waals surface area contributed by atoms with Crippen LogP contribution in [0.1, 0.15) is 107 Å². The molecular weight excluding hydrogens is 470 g/mol. The molecular formula is C32H45N5O. The molecule has 1 aliphatic heterocycles. The number of aliphatic hydroxyl groups is 1. The fourth-order valence-corrected chi connectivity index (χ4v) is 7.24. The summed E-state index contributed by atoms with van der Waals surface area (Å²) in [6.07, 6.45) is 17.7. The smallest absolute Gasteiger partial charge is 0.225 e. The zero-order chi connectivity index (χ0) is 25.9. The Bertz CT molecular complexity index is 1170.